The molecule has 1 aromatic carbocycles. The van der Waals surface area contributed by atoms with Gasteiger partial charge in [-0.2, -0.15) is 0 Å². The van der Waals surface area contributed by atoms with Crippen LogP contribution in [0.25, 0.3) is 0 Å². The van der Waals surface area contributed by atoms with Gasteiger partial charge in [0.15, 0.2) is 0 Å². The fraction of sp³-hybridized carbons (Fsp3) is 0.529. The standard InChI is InChI=1S/C17H21ClN2O4/c18-14-9-12(3-4-15(14)19-5-1-2-6-19)16(21)20-7-8-24-11-13(10-20)17(22)23/h3-4,9,13H,1-2,5-8,10-11H2,(H,22,23). The van der Waals surface area contributed by atoms with Crippen LogP contribution in [0.15, 0.2) is 18.2 Å². The predicted molar refractivity (Wildman–Crippen MR) is 90.7 cm³/mol. The number of halogens is 1. The van der Waals surface area contributed by atoms with E-state index in [1.165, 1.54) is 4.90 Å². The van der Waals surface area contributed by atoms with Gasteiger partial charge >= 0.3 is 5.97 Å². The first kappa shape index (κ1) is 17.0. The third-order valence-corrected chi connectivity index (χ3v) is 4.85. The molecule has 0 saturated carbocycles. The Morgan fingerprint density at radius 2 is 1.96 bits per heavy atom. The molecule has 2 fully saturated rings. The molecule has 24 heavy (non-hydrogen) atoms. The van der Waals surface area contributed by atoms with Crippen molar-refractivity contribution < 1.29 is 19.4 Å². The van der Waals surface area contributed by atoms with Crippen LogP contribution in [0.4, 0.5) is 5.69 Å². The zero-order chi connectivity index (χ0) is 17.1. The molecule has 2 aliphatic heterocycles. The fourth-order valence-corrected chi connectivity index (χ4v) is 3.48. The van der Waals surface area contributed by atoms with Crippen LogP contribution in [0.5, 0.6) is 0 Å². The first-order valence-electron chi connectivity index (χ1n) is 8.20. The Labute approximate surface area is 145 Å². The van der Waals surface area contributed by atoms with Crippen molar-refractivity contribution in [2.45, 2.75) is 12.8 Å². The number of ether oxygens (including phenoxy) is 1. The molecule has 1 aromatic rings. The summed E-state index contributed by atoms with van der Waals surface area (Å²) in [5.41, 5.74) is 1.43. The summed E-state index contributed by atoms with van der Waals surface area (Å²) < 4.78 is 5.29. The van der Waals surface area contributed by atoms with Crippen molar-refractivity contribution in [1.29, 1.82) is 0 Å². The second-order valence-corrected chi connectivity index (χ2v) is 6.63. The van der Waals surface area contributed by atoms with Gasteiger partial charge in [0.05, 0.1) is 29.8 Å². The van der Waals surface area contributed by atoms with Crippen molar-refractivity contribution in [2.75, 3.05) is 44.3 Å². The van der Waals surface area contributed by atoms with Crippen molar-refractivity contribution >= 4 is 29.2 Å². The van der Waals surface area contributed by atoms with Crippen LogP contribution in [0.1, 0.15) is 23.2 Å². The number of carbonyl (C=O) groups excluding carboxylic acids is 1. The van der Waals surface area contributed by atoms with E-state index in [0.717, 1.165) is 31.6 Å². The van der Waals surface area contributed by atoms with Gasteiger partial charge in [0.1, 0.15) is 0 Å². The van der Waals surface area contributed by atoms with Gasteiger partial charge in [-0.3, -0.25) is 9.59 Å². The van der Waals surface area contributed by atoms with E-state index in [-0.39, 0.29) is 19.1 Å². The molecule has 1 unspecified atom stereocenters. The first-order chi connectivity index (χ1) is 11.6. The molecule has 6 nitrogen and oxygen atoms in total. The fourth-order valence-electron chi connectivity index (χ4n) is 3.18. The molecule has 3 rings (SSSR count). The molecule has 2 heterocycles. The van der Waals surface area contributed by atoms with Crippen LogP contribution < -0.4 is 4.90 Å². The molecule has 2 aliphatic rings. The Kier molecular flexibility index (Phi) is 5.26. The normalized spacial score (nSPS) is 21.6. The van der Waals surface area contributed by atoms with Gasteiger partial charge in [-0.25, -0.2) is 0 Å². The maximum atomic E-state index is 12.7. The maximum Gasteiger partial charge on any atom is 0.310 e. The minimum absolute atomic E-state index is 0.133. The number of amides is 1. The summed E-state index contributed by atoms with van der Waals surface area (Å²) >= 11 is 6.37. The smallest absolute Gasteiger partial charge is 0.310 e. The van der Waals surface area contributed by atoms with E-state index in [9.17, 15) is 14.7 Å². The van der Waals surface area contributed by atoms with E-state index in [0.29, 0.717) is 23.7 Å². The van der Waals surface area contributed by atoms with Crippen LogP contribution in [-0.2, 0) is 9.53 Å². The zero-order valence-electron chi connectivity index (χ0n) is 13.4. The van der Waals surface area contributed by atoms with E-state index >= 15 is 0 Å². The molecular weight excluding hydrogens is 332 g/mol. The van der Waals surface area contributed by atoms with Crippen molar-refractivity contribution in [3.05, 3.63) is 28.8 Å². The lowest BCUT2D eigenvalue weighted by Crippen LogP contribution is -2.38. The Morgan fingerprint density at radius 3 is 2.62 bits per heavy atom. The highest BCUT2D eigenvalue weighted by Gasteiger charge is 2.28. The van der Waals surface area contributed by atoms with Gasteiger partial charge in [-0.05, 0) is 31.0 Å². The Balaban J connectivity index is 1.76. The topological polar surface area (TPSA) is 70.1 Å². The SMILES string of the molecule is O=C(O)C1COCCN(C(=O)c2ccc(N3CCCC3)c(Cl)c2)C1. The molecule has 0 bridgehead atoms. The molecule has 1 atom stereocenters. The minimum atomic E-state index is -0.947. The van der Waals surface area contributed by atoms with Gasteiger partial charge < -0.3 is 19.6 Å². The average Bonchev–Trinajstić information content (AvgIpc) is 2.97. The summed E-state index contributed by atoms with van der Waals surface area (Å²) in [4.78, 5) is 27.7. The average molecular weight is 353 g/mol. The summed E-state index contributed by atoms with van der Waals surface area (Å²) in [6.07, 6.45) is 2.31. The number of hydrogen-bond acceptors (Lipinski definition) is 4. The van der Waals surface area contributed by atoms with E-state index in [1.807, 2.05) is 6.07 Å². The monoisotopic (exact) mass is 352 g/mol. The van der Waals surface area contributed by atoms with Crippen molar-refractivity contribution in [2.24, 2.45) is 5.92 Å². The van der Waals surface area contributed by atoms with E-state index in [1.54, 1.807) is 12.1 Å². The number of carbonyl (C=O) groups is 2. The Hall–Kier alpha value is -1.79. The maximum absolute atomic E-state index is 12.7. The lowest BCUT2D eigenvalue weighted by Gasteiger charge is -2.23. The number of carboxylic acid groups (broad SMARTS) is 1. The van der Waals surface area contributed by atoms with Crippen LogP contribution in [0.2, 0.25) is 5.02 Å². The summed E-state index contributed by atoms with van der Waals surface area (Å²) in [7, 11) is 0. The lowest BCUT2D eigenvalue weighted by atomic mass is 10.1. The molecule has 7 heteroatoms. The second-order valence-electron chi connectivity index (χ2n) is 6.22. The number of anilines is 1. The Bertz CT molecular complexity index is 631. The highest BCUT2D eigenvalue weighted by atomic mass is 35.5. The molecule has 0 radical (unpaired) electrons. The summed E-state index contributed by atoms with van der Waals surface area (Å²) in [6, 6.07) is 5.33. The molecule has 0 aromatic heterocycles. The van der Waals surface area contributed by atoms with Gasteiger partial charge in [0.2, 0.25) is 0 Å². The highest BCUT2D eigenvalue weighted by Crippen LogP contribution is 2.30. The van der Waals surface area contributed by atoms with Crippen LogP contribution in [0, 0.1) is 5.92 Å². The summed E-state index contributed by atoms with van der Waals surface area (Å²) in [6.45, 7) is 2.98. The van der Waals surface area contributed by atoms with E-state index in [2.05, 4.69) is 4.90 Å². The first-order valence-corrected chi connectivity index (χ1v) is 8.58. The third-order valence-electron chi connectivity index (χ3n) is 4.54. The number of benzene rings is 1. The van der Waals surface area contributed by atoms with E-state index < -0.39 is 11.9 Å². The van der Waals surface area contributed by atoms with Crippen molar-refractivity contribution in [3.63, 3.8) is 0 Å². The summed E-state index contributed by atoms with van der Waals surface area (Å²) in [5.74, 6) is -1.85. The largest absolute Gasteiger partial charge is 0.481 e. The highest BCUT2D eigenvalue weighted by molar-refractivity contribution is 6.33. The minimum Gasteiger partial charge on any atom is -0.481 e. The second kappa shape index (κ2) is 7.40. The number of carboxylic acids is 1. The molecule has 0 spiro atoms. The zero-order valence-corrected chi connectivity index (χ0v) is 14.2. The van der Waals surface area contributed by atoms with Crippen molar-refractivity contribution in [3.8, 4) is 0 Å². The molecule has 130 valence electrons. The quantitative estimate of drug-likeness (QED) is 0.902. The van der Waals surface area contributed by atoms with Gasteiger partial charge in [-0.1, -0.05) is 11.6 Å². The molecule has 2 saturated heterocycles. The van der Waals surface area contributed by atoms with E-state index in [4.69, 9.17) is 16.3 Å². The molecule has 1 N–H and O–H groups in total. The van der Waals surface area contributed by atoms with Crippen LogP contribution in [-0.4, -0.2) is 61.3 Å². The third kappa shape index (κ3) is 3.65. The van der Waals surface area contributed by atoms with Gasteiger partial charge in [0.25, 0.3) is 5.91 Å². The predicted octanol–water partition coefficient (Wildman–Crippen LogP) is 2.11. The number of rotatable bonds is 3. The molecule has 0 aliphatic carbocycles. The van der Waals surface area contributed by atoms with Gasteiger partial charge in [-0.15, -0.1) is 0 Å². The lowest BCUT2D eigenvalue weighted by molar-refractivity contribution is -0.143. The number of nitrogens with zero attached hydrogens (tertiary/aromatic N) is 2. The van der Waals surface area contributed by atoms with Crippen LogP contribution >= 0.6 is 11.6 Å². The summed E-state index contributed by atoms with van der Waals surface area (Å²) in [5, 5.41) is 9.75. The Morgan fingerprint density at radius 1 is 1.21 bits per heavy atom. The molecule has 1 amide bonds. The van der Waals surface area contributed by atoms with Crippen molar-refractivity contribution in [1.82, 2.24) is 4.90 Å². The molecular formula is C17H21ClN2O4. The van der Waals surface area contributed by atoms with Gasteiger partial charge in [0, 0.05) is 31.7 Å². The van der Waals surface area contributed by atoms with Crippen LogP contribution in [0.3, 0.4) is 0 Å². The number of aliphatic carboxylic acids is 1. The number of hydrogen-bond donors (Lipinski definition) is 1.